The molecule has 0 atom stereocenters. The lowest BCUT2D eigenvalue weighted by molar-refractivity contribution is -0.129. The summed E-state index contributed by atoms with van der Waals surface area (Å²) in [5.41, 5.74) is 2.77. The van der Waals surface area contributed by atoms with Gasteiger partial charge in [0, 0.05) is 16.1 Å². The SMILES string of the molecule is Cc1cccc(C2=N/C(=C\c3ccccc3OC(=O)c3ccc(Cl)cc3)C(=O)O2)c1. The van der Waals surface area contributed by atoms with Crippen LogP contribution >= 0.6 is 11.6 Å². The highest BCUT2D eigenvalue weighted by Gasteiger charge is 2.24. The number of hydrogen-bond donors (Lipinski definition) is 0. The van der Waals surface area contributed by atoms with Crippen molar-refractivity contribution in [3.8, 4) is 5.75 Å². The number of hydrogen-bond acceptors (Lipinski definition) is 5. The van der Waals surface area contributed by atoms with Gasteiger partial charge < -0.3 is 9.47 Å². The van der Waals surface area contributed by atoms with Gasteiger partial charge in [-0.05, 0) is 55.5 Å². The number of rotatable bonds is 4. The lowest BCUT2D eigenvalue weighted by Gasteiger charge is -2.07. The molecule has 0 N–H and O–H groups in total. The molecule has 1 heterocycles. The molecule has 1 aliphatic rings. The molecular formula is C24H16ClNO4. The van der Waals surface area contributed by atoms with Gasteiger partial charge in [-0.1, -0.05) is 47.5 Å². The Morgan fingerprint density at radius 2 is 1.80 bits per heavy atom. The second-order valence-electron chi connectivity index (χ2n) is 6.64. The first-order chi connectivity index (χ1) is 14.5. The maximum absolute atomic E-state index is 12.4. The van der Waals surface area contributed by atoms with Crippen LogP contribution in [-0.4, -0.2) is 17.8 Å². The van der Waals surface area contributed by atoms with Gasteiger partial charge in [-0.15, -0.1) is 0 Å². The van der Waals surface area contributed by atoms with Crippen LogP contribution in [0.25, 0.3) is 6.08 Å². The van der Waals surface area contributed by atoms with Crippen LogP contribution in [-0.2, 0) is 9.53 Å². The zero-order chi connectivity index (χ0) is 21.1. The molecule has 148 valence electrons. The van der Waals surface area contributed by atoms with Gasteiger partial charge in [-0.3, -0.25) is 0 Å². The van der Waals surface area contributed by atoms with E-state index >= 15 is 0 Å². The van der Waals surface area contributed by atoms with Gasteiger partial charge in [-0.2, -0.15) is 0 Å². The van der Waals surface area contributed by atoms with E-state index in [1.807, 2.05) is 31.2 Å². The Morgan fingerprint density at radius 3 is 2.57 bits per heavy atom. The van der Waals surface area contributed by atoms with E-state index in [1.54, 1.807) is 48.5 Å². The number of carbonyl (C=O) groups is 2. The number of aryl methyl sites for hydroxylation is 1. The van der Waals surface area contributed by atoms with Gasteiger partial charge in [0.05, 0.1) is 5.56 Å². The topological polar surface area (TPSA) is 65.0 Å². The highest BCUT2D eigenvalue weighted by atomic mass is 35.5. The number of para-hydroxylation sites is 1. The van der Waals surface area contributed by atoms with Crippen molar-refractivity contribution in [2.24, 2.45) is 4.99 Å². The quantitative estimate of drug-likeness (QED) is 0.332. The van der Waals surface area contributed by atoms with Crippen molar-refractivity contribution in [3.05, 3.63) is 106 Å². The van der Waals surface area contributed by atoms with Crippen molar-refractivity contribution in [1.29, 1.82) is 0 Å². The Labute approximate surface area is 178 Å². The fraction of sp³-hybridized carbons (Fsp3) is 0.0417. The molecule has 0 unspecified atom stereocenters. The Bertz CT molecular complexity index is 1200. The van der Waals surface area contributed by atoms with E-state index in [1.165, 1.54) is 6.08 Å². The fourth-order valence-corrected chi connectivity index (χ4v) is 3.02. The first kappa shape index (κ1) is 19.6. The zero-order valence-electron chi connectivity index (χ0n) is 16.0. The molecule has 0 spiro atoms. The molecule has 4 rings (SSSR count). The van der Waals surface area contributed by atoms with E-state index in [0.717, 1.165) is 5.56 Å². The third-order valence-corrected chi connectivity index (χ3v) is 4.63. The van der Waals surface area contributed by atoms with Crippen LogP contribution in [0.1, 0.15) is 27.0 Å². The summed E-state index contributed by atoms with van der Waals surface area (Å²) in [7, 11) is 0. The largest absolute Gasteiger partial charge is 0.422 e. The Hall–Kier alpha value is -3.70. The van der Waals surface area contributed by atoms with Gasteiger partial charge in [0.25, 0.3) is 0 Å². The third kappa shape index (κ3) is 4.31. The first-order valence-corrected chi connectivity index (χ1v) is 9.54. The van der Waals surface area contributed by atoms with Gasteiger partial charge in [0.1, 0.15) is 5.75 Å². The van der Waals surface area contributed by atoms with Gasteiger partial charge >= 0.3 is 11.9 Å². The minimum Gasteiger partial charge on any atom is -0.422 e. The Morgan fingerprint density at radius 1 is 1.03 bits per heavy atom. The minimum absolute atomic E-state index is 0.126. The predicted octanol–water partition coefficient (Wildman–Crippen LogP) is 5.21. The zero-order valence-corrected chi connectivity index (χ0v) is 16.7. The molecule has 30 heavy (non-hydrogen) atoms. The van der Waals surface area contributed by atoms with E-state index in [2.05, 4.69) is 4.99 Å². The van der Waals surface area contributed by atoms with Gasteiger partial charge in [-0.25, -0.2) is 14.6 Å². The summed E-state index contributed by atoms with van der Waals surface area (Å²) in [4.78, 5) is 29.1. The molecule has 0 aromatic heterocycles. The molecule has 5 nitrogen and oxygen atoms in total. The minimum atomic E-state index is -0.565. The second-order valence-corrected chi connectivity index (χ2v) is 7.08. The molecule has 3 aromatic rings. The molecule has 0 saturated carbocycles. The van der Waals surface area contributed by atoms with E-state index < -0.39 is 11.9 Å². The maximum atomic E-state index is 12.4. The Kier molecular flexibility index (Phi) is 5.46. The predicted molar refractivity (Wildman–Crippen MR) is 115 cm³/mol. The molecule has 0 saturated heterocycles. The van der Waals surface area contributed by atoms with E-state index in [4.69, 9.17) is 21.1 Å². The molecule has 0 bridgehead atoms. The molecule has 3 aromatic carbocycles. The van der Waals surface area contributed by atoms with Gasteiger partial charge in [0.2, 0.25) is 5.90 Å². The van der Waals surface area contributed by atoms with Gasteiger partial charge in [0.15, 0.2) is 5.70 Å². The maximum Gasteiger partial charge on any atom is 0.363 e. The summed E-state index contributed by atoms with van der Waals surface area (Å²) < 4.78 is 10.8. The van der Waals surface area contributed by atoms with Crippen LogP contribution in [0.4, 0.5) is 0 Å². The number of cyclic esters (lactones) is 1. The molecule has 6 heteroatoms. The van der Waals surface area contributed by atoms with Crippen LogP contribution < -0.4 is 4.74 Å². The number of benzene rings is 3. The normalized spacial score (nSPS) is 14.4. The lowest BCUT2D eigenvalue weighted by atomic mass is 10.1. The lowest BCUT2D eigenvalue weighted by Crippen LogP contribution is -2.09. The van der Waals surface area contributed by atoms with Crippen molar-refractivity contribution < 1.29 is 19.1 Å². The van der Waals surface area contributed by atoms with Crippen LogP contribution in [0.2, 0.25) is 5.02 Å². The van der Waals surface area contributed by atoms with Crippen molar-refractivity contribution in [2.45, 2.75) is 6.92 Å². The van der Waals surface area contributed by atoms with Crippen LogP contribution in [0.15, 0.2) is 83.5 Å². The summed E-state index contributed by atoms with van der Waals surface area (Å²) >= 11 is 5.86. The Balaban J connectivity index is 1.62. The monoisotopic (exact) mass is 417 g/mol. The molecule has 1 aliphatic heterocycles. The first-order valence-electron chi connectivity index (χ1n) is 9.16. The fourth-order valence-electron chi connectivity index (χ4n) is 2.90. The number of carbonyl (C=O) groups excluding carboxylic acids is 2. The van der Waals surface area contributed by atoms with Crippen LogP contribution in [0.3, 0.4) is 0 Å². The molecule has 0 radical (unpaired) electrons. The third-order valence-electron chi connectivity index (χ3n) is 4.38. The molecule has 0 amide bonds. The van der Waals surface area contributed by atoms with E-state index in [0.29, 0.717) is 27.5 Å². The number of halogens is 1. The van der Waals surface area contributed by atoms with E-state index in [9.17, 15) is 9.59 Å². The number of aliphatic imine (C=N–C) groups is 1. The standard InChI is InChI=1S/C24H16ClNO4/c1-15-5-4-7-18(13-15)22-26-20(24(28)30-22)14-17-6-2-3-8-21(17)29-23(27)16-9-11-19(25)12-10-16/h2-14H,1H3/b20-14-. The van der Waals surface area contributed by atoms with Crippen molar-refractivity contribution >= 4 is 35.5 Å². The van der Waals surface area contributed by atoms with Crippen molar-refractivity contribution in [1.82, 2.24) is 0 Å². The molecule has 0 fully saturated rings. The average molecular weight is 418 g/mol. The summed E-state index contributed by atoms with van der Waals surface area (Å²) in [6.07, 6.45) is 1.54. The number of nitrogens with zero attached hydrogens (tertiary/aromatic N) is 1. The smallest absolute Gasteiger partial charge is 0.363 e. The summed E-state index contributed by atoms with van der Waals surface area (Å²) in [5, 5.41) is 0.527. The van der Waals surface area contributed by atoms with Crippen LogP contribution in [0.5, 0.6) is 5.75 Å². The summed E-state index contributed by atoms with van der Waals surface area (Å²) in [6, 6.07) is 20.8. The number of ether oxygens (including phenoxy) is 2. The summed E-state index contributed by atoms with van der Waals surface area (Å²) in [5.74, 6) is -0.552. The summed E-state index contributed by atoms with van der Waals surface area (Å²) in [6.45, 7) is 1.95. The second kappa shape index (κ2) is 8.35. The van der Waals surface area contributed by atoms with Crippen LogP contribution in [0, 0.1) is 6.92 Å². The van der Waals surface area contributed by atoms with Crippen molar-refractivity contribution in [2.75, 3.05) is 0 Å². The average Bonchev–Trinajstić information content (AvgIpc) is 3.10. The van der Waals surface area contributed by atoms with Crippen molar-refractivity contribution in [3.63, 3.8) is 0 Å². The highest BCUT2D eigenvalue weighted by Crippen LogP contribution is 2.26. The highest BCUT2D eigenvalue weighted by molar-refractivity contribution is 6.30. The molecular weight excluding hydrogens is 402 g/mol. The number of esters is 2. The molecule has 0 aliphatic carbocycles. The van der Waals surface area contributed by atoms with E-state index in [-0.39, 0.29) is 11.6 Å².